The van der Waals surface area contributed by atoms with Gasteiger partial charge in [-0.1, -0.05) is 0 Å². The van der Waals surface area contributed by atoms with Gasteiger partial charge in [-0.05, 0) is 34.6 Å². The van der Waals surface area contributed by atoms with E-state index in [0.29, 0.717) is 6.61 Å². The van der Waals surface area contributed by atoms with Crippen LogP contribution in [0.25, 0.3) is 0 Å². The van der Waals surface area contributed by atoms with Gasteiger partial charge in [0.15, 0.2) is 17.8 Å². The van der Waals surface area contributed by atoms with Crippen LogP contribution in [0.3, 0.4) is 0 Å². The van der Waals surface area contributed by atoms with Gasteiger partial charge in [0.25, 0.3) is 0 Å². The molecule has 4 heterocycles. The Labute approximate surface area is 142 Å². The van der Waals surface area contributed by atoms with E-state index in [-0.39, 0.29) is 18.2 Å². The maximum atomic E-state index is 6.32. The normalized spacial score (nSPS) is 50.5. The van der Waals surface area contributed by atoms with Gasteiger partial charge in [-0.3, -0.25) is 10.2 Å². The minimum Gasteiger partial charge on any atom is -0.348 e. The smallest absolute Gasteiger partial charge is 0.243 e. The van der Waals surface area contributed by atoms with Gasteiger partial charge in [0, 0.05) is 19.6 Å². The molecule has 0 radical (unpaired) electrons. The summed E-state index contributed by atoms with van der Waals surface area (Å²) in [5.74, 6) is -2.53. The first kappa shape index (κ1) is 17.1. The molecule has 8 heteroatoms. The maximum Gasteiger partial charge on any atom is 0.243 e. The number of hydroxylamine groups is 2. The van der Waals surface area contributed by atoms with E-state index in [0.717, 1.165) is 6.54 Å². The number of hydrogen-bond acceptors (Lipinski definition) is 8. The zero-order chi connectivity index (χ0) is 17.3. The molecule has 0 aliphatic carbocycles. The van der Waals surface area contributed by atoms with Gasteiger partial charge < -0.3 is 23.7 Å². The molecule has 1 N–H and O–H groups in total. The first-order chi connectivity index (χ1) is 11.1. The largest absolute Gasteiger partial charge is 0.348 e. The van der Waals surface area contributed by atoms with Gasteiger partial charge in [-0.25, -0.2) is 0 Å². The minimum absolute atomic E-state index is 0.255. The molecule has 0 aromatic carbocycles. The fourth-order valence-corrected chi connectivity index (χ4v) is 3.84. The second kappa shape index (κ2) is 5.34. The molecule has 0 saturated carbocycles. The Bertz CT molecular complexity index is 515. The van der Waals surface area contributed by atoms with E-state index in [1.54, 1.807) is 0 Å². The lowest BCUT2D eigenvalue weighted by Crippen LogP contribution is -2.65. The highest BCUT2D eigenvalue weighted by Gasteiger charge is 2.71. The molecule has 0 bridgehead atoms. The van der Waals surface area contributed by atoms with Crippen molar-refractivity contribution in [3.63, 3.8) is 0 Å². The van der Waals surface area contributed by atoms with Crippen molar-refractivity contribution in [2.75, 3.05) is 20.2 Å². The van der Waals surface area contributed by atoms with Gasteiger partial charge in [0.05, 0.1) is 6.61 Å². The van der Waals surface area contributed by atoms with Gasteiger partial charge in [0.2, 0.25) is 5.79 Å². The van der Waals surface area contributed by atoms with Crippen molar-refractivity contribution in [3.8, 4) is 0 Å². The van der Waals surface area contributed by atoms with Crippen molar-refractivity contribution in [1.29, 1.82) is 0 Å². The molecule has 0 unspecified atom stereocenters. The van der Waals surface area contributed by atoms with Gasteiger partial charge >= 0.3 is 0 Å². The molecule has 4 aliphatic heterocycles. The van der Waals surface area contributed by atoms with Crippen LogP contribution in [0.1, 0.15) is 34.6 Å². The Morgan fingerprint density at radius 3 is 2.50 bits per heavy atom. The van der Waals surface area contributed by atoms with Crippen molar-refractivity contribution >= 4 is 0 Å². The van der Waals surface area contributed by atoms with E-state index in [1.165, 1.54) is 0 Å². The van der Waals surface area contributed by atoms with E-state index in [2.05, 4.69) is 12.2 Å². The third kappa shape index (κ3) is 2.60. The highest BCUT2D eigenvalue weighted by Crippen LogP contribution is 2.51. The lowest BCUT2D eigenvalue weighted by Gasteiger charge is -2.42. The molecule has 0 aromatic heterocycles. The topological polar surface area (TPSA) is 70.7 Å². The monoisotopic (exact) mass is 344 g/mol. The van der Waals surface area contributed by atoms with Crippen LogP contribution in [0.15, 0.2) is 0 Å². The maximum absolute atomic E-state index is 6.32. The molecule has 138 valence electrons. The first-order valence-corrected chi connectivity index (χ1v) is 8.62. The predicted molar refractivity (Wildman–Crippen MR) is 82.6 cm³/mol. The Hall–Kier alpha value is -0.320. The summed E-state index contributed by atoms with van der Waals surface area (Å²) in [6, 6.07) is 0.258. The third-order valence-electron chi connectivity index (χ3n) is 5.08. The summed E-state index contributed by atoms with van der Waals surface area (Å²) < 4.78 is 30.6. The van der Waals surface area contributed by atoms with Crippen LogP contribution in [-0.2, 0) is 28.5 Å². The van der Waals surface area contributed by atoms with E-state index in [9.17, 15) is 0 Å². The minimum atomic E-state index is -1.07. The molecule has 0 aromatic rings. The van der Waals surface area contributed by atoms with E-state index >= 15 is 0 Å². The molecule has 0 amide bonds. The summed E-state index contributed by atoms with van der Waals surface area (Å²) in [5.41, 5.74) is 0. The van der Waals surface area contributed by atoms with E-state index in [4.69, 9.17) is 28.5 Å². The van der Waals surface area contributed by atoms with Crippen molar-refractivity contribution < 1.29 is 28.5 Å². The number of likely N-dealkylation sites (N-methyl/N-ethyl adjacent to an activating group) is 1. The van der Waals surface area contributed by atoms with Crippen LogP contribution in [0.4, 0.5) is 0 Å². The zero-order valence-corrected chi connectivity index (χ0v) is 15.2. The Balaban J connectivity index is 1.64. The average Bonchev–Trinajstić information content (AvgIpc) is 2.90. The lowest BCUT2D eigenvalue weighted by molar-refractivity contribution is -0.367. The average molecular weight is 344 g/mol. The van der Waals surface area contributed by atoms with Gasteiger partial charge in [0.1, 0.15) is 18.3 Å². The standard InChI is InChI=1S/C16H28N2O6/c1-9-7-17-13(23-18(9)6)16-12(22-15(4,5)24-16)11-10(20-16)8-19-14(2,3)21-11/h9-13,17H,7-8H2,1-6H3/t9-,10+,11-,12+,13+,16-/m1/s1. The summed E-state index contributed by atoms with van der Waals surface area (Å²) in [5, 5.41) is 5.21. The van der Waals surface area contributed by atoms with Crippen molar-refractivity contribution in [3.05, 3.63) is 0 Å². The number of fused-ring (bicyclic) bond motifs is 3. The highest BCUT2D eigenvalue weighted by atomic mass is 16.9. The van der Waals surface area contributed by atoms with Crippen LogP contribution >= 0.6 is 0 Å². The van der Waals surface area contributed by atoms with Crippen LogP contribution in [0, 0.1) is 0 Å². The van der Waals surface area contributed by atoms with E-state index in [1.807, 2.05) is 39.8 Å². The van der Waals surface area contributed by atoms with Crippen LogP contribution in [-0.4, -0.2) is 73.2 Å². The van der Waals surface area contributed by atoms with Crippen LogP contribution in [0.5, 0.6) is 0 Å². The molecule has 4 fully saturated rings. The Kier molecular flexibility index (Phi) is 3.81. The highest BCUT2D eigenvalue weighted by molar-refractivity contribution is 5.08. The molecule has 4 rings (SSSR count). The van der Waals surface area contributed by atoms with E-state index < -0.39 is 29.7 Å². The number of nitrogens with zero attached hydrogens (tertiary/aromatic N) is 1. The summed E-state index contributed by atoms with van der Waals surface area (Å²) in [4.78, 5) is 6.03. The van der Waals surface area contributed by atoms with Crippen molar-refractivity contribution in [2.45, 2.75) is 82.6 Å². The summed E-state index contributed by atoms with van der Waals surface area (Å²) in [6.45, 7) is 10.8. The SMILES string of the molecule is C[C@@H]1CN[C@H]([C@@]23O[C@H]4COC(C)(C)O[C@H]4[C@@H]2OC(C)(C)O3)ON1C. The quantitative estimate of drug-likeness (QED) is 0.740. The second-order valence-corrected chi connectivity index (χ2v) is 8.00. The zero-order valence-electron chi connectivity index (χ0n) is 15.2. The third-order valence-corrected chi connectivity index (χ3v) is 5.08. The summed E-state index contributed by atoms with van der Waals surface area (Å²) in [6.07, 6.45) is -1.41. The predicted octanol–water partition coefficient (Wildman–Crippen LogP) is 0.566. The molecule has 0 spiro atoms. The Morgan fingerprint density at radius 1 is 1.04 bits per heavy atom. The van der Waals surface area contributed by atoms with Gasteiger partial charge in [-0.2, -0.15) is 5.06 Å². The van der Waals surface area contributed by atoms with Crippen molar-refractivity contribution in [2.24, 2.45) is 0 Å². The first-order valence-electron chi connectivity index (χ1n) is 8.62. The number of rotatable bonds is 1. The van der Waals surface area contributed by atoms with Gasteiger partial charge in [-0.15, -0.1) is 0 Å². The molecule has 6 atom stereocenters. The molecular formula is C16H28N2O6. The Morgan fingerprint density at radius 2 is 1.79 bits per heavy atom. The fraction of sp³-hybridized carbons (Fsp3) is 1.00. The van der Waals surface area contributed by atoms with Crippen molar-refractivity contribution in [1.82, 2.24) is 10.4 Å². The number of hydrogen-bond donors (Lipinski definition) is 1. The molecule has 8 nitrogen and oxygen atoms in total. The molecular weight excluding hydrogens is 316 g/mol. The number of ether oxygens (including phenoxy) is 5. The fourth-order valence-electron chi connectivity index (χ4n) is 3.84. The molecule has 24 heavy (non-hydrogen) atoms. The molecule has 4 aliphatic rings. The second-order valence-electron chi connectivity index (χ2n) is 8.00. The molecule has 4 saturated heterocycles. The lowest BCUT2D eigenvalue weighted by atomic mass is 10.0. The van der Waals surface area contributed by atoms with Crippen LogP contribution in [0.2, 0.25) is 0 Å². The summed E-state index contributed by atoms with van der Waals surface area (Å²) >= 11 is 0. The summed E-state index contributed by atoms with van der Waals surface area (Å²) in [7, 11) is 1.91. The number of nitrogens with one attached hydrogen (secondary N) is 1. The van der Waals surface area contributed by atoms with Crippen LogP contribution < -0.4 is 5.32 Å².